The van der Waals surface area contributed by atoms with Crippen LogP contribution in [0, 0.1) is 6.92 Å². The first-order valence-electron chi connectivity index (χ1n) is 7.39. The molecule has 2 aromatic heterocycles. The minimum atomic E-state index is -0.719. The fourth-order valence-corrected chi connectivity index (χ4v) is 3.44. The number of fused-ring (bicyclic) bond motifs is 3. The molecule has 0 saturated carbocycles. The zero-order chi connectivity index (χ0) is 15.7. The molecular weight excluding hydrogens is 296 g/mol. The molecule has 3 aromatic rings. The zero-order valence-electron chi connectivity index (χ0n) is 12.8. The fourth-order valence-electron chi connectivity index (χ4n) is 2.83. The van der Waals surface area contributed by atoms with Gasteiger partial charge >= 0.3 is 0 Å². The molecule has 0 spiro atoms. The van der Waals surface area contributed by atoms with E-state index in [0.717, 1.165) is 52.8 Å². The van der Waals surface area contributed by atoms with Crippen molar-refractivity contribution >= 4 is 38.6 Å². The second-order valence-electron chi connectivity index (χ2n) is 5.59. The summed E-state index contributed by atoms with van der Waals surface area (Å²) in [6.07, 6.45) is 4.65. The van der Waals surface area contributed by atoms with E-state index in [1.54, 1.807) is 6.26 Å². The van der Waals surface area contributed by atoms with E-state index in [-0.39, 0.29) is 0 Å². The van der Waals surface area contributed by atoms with Crippen molar-refractivity contribution in [1.82, 2.24) is 15.0 Å². The van der Waals surface area contributed by atoms with E-state index in [1.165, 1.54) is 5.56 Å². The summed E-state index contributed by atoms with van der Waals surface area (Å²) in [5, 5.41) is 1.08. The van der Waals surface area contributed by atoms with Crippen molar-refractivity contribution in [3.8, 4) is 0 Å². The molecule has 5 nitrogen and oxygen atoms in total. The van der Waals surface area contributed by atoms with Gasteiger partial charge < -0.3 is 10.7 Å². The molecule has 1 unspecified atom stereocenters. The summed E-state index contributed by atoms with van der Waals surface area (Å²) in [6, 6.07) is 6.10. The van der Waals surface area contributed by atoms with Crippen LogP contribution in [0.15, 0.2) is 18.2 Å². The van der Waals surface area contributed by atoms with E-state index in [2.05, 4.69) is 21.0 Å². The van der Waals surface area contributed by atoms with Crippen LogP contribution in [0.3, 0.4) is 0 Å². The number of aromatic amines is 1. The number of rotatable bonds is 5. The van der Waals surface area contributed by atoms with Crippen LogP contribution < -0.4 is 5.73 Å². The number of nitrogens with zero attached hydrogens (tertiary/aromatic N) is 2. The highest BCUT2D eigenvalue weighted by atomic mass is 32.2. The molecule has 116 valence electrons. The monoisotopic (exact) mass is 316 g/mol. The summed E-state index contributed by atoms with van der Waals surface area (Å²) in [7, 11) is -0.719. The van der Waals surface area contributed by atoms with Crippen LogP contribution in [0.5, 0.6) is 0 Å². The Morgan fingerprint density at radius 1 is 1.27 bits per heavy atom. The van der Waals surface area contributed by atoms with E-state index < -0.39 is 10.8 Å². The average Bonchev–Trinajstić information content (AvgIpc) is 2.85. The molecule has 3 N–H and O–H groups in total. The predicted octanol–water partition coefficient (Wildman–Crippen LogP) is 2.70. The maximum atomic E-state index is 11.2. The van der Waals surface area contributed by atoms with Gasteiger partial charge in [-0.3, -0.25) is 4.21 Å². The number of anilines is 1. The smallest absolute Gasteiger partial charge is 0.150 e. The van der Waals surface area contributed by atoms with Gasteiger partial charge in [-0.2, -0.15) is 0 Å². The van der Waals surface area contributed by atoms with Gasteiger partial charge in [0, 0.05) is 28.2 Å². The lowest BCUT2D eigenvalue weighted by Crippen LogP contribution is -1.98. The quantitative estimate of drug-likeness (QED) is 0.709. The number of hydrogen-bond acceptors (Lipinski definition) is 4. The number of benzene rings is 1. The highest BCUT2D eigenvalue weighted by molar-refractivity contribution is 7.84. The van der Waals surface area contributed by atoms with Crippen molar-refractivity contribution in [3.05, 3.63) is 29.6 Å². The molecule has 22 heavy (non-hydrogen) atoms. The Bertz CT molecular complexity index is 856. The third-order valence-corrected chi connectivity index (χ3v) is 4.68. The van der Waals surface area contributed by atoms with Gasteiger partial charge in [-0.1, -0.05) is 12.1 Å². The van der Waals surface area contributed by atoms with Crippen LogP contribution in [0.1, 0.15) is 24.2 Å². The SMILES string of the molecule is Cc1nc2c([nH]1)c(N)nc1cccc(CCCCS(C)=O)c12. The number of imidazole rings is 1. The first-order valence-corrected chi connectivity index (χ1v) is 9.12. The number of nitrogen functional groups attached to an aromatic ring is 1. The molecule has 0 aliphatic heterocycles. The standard InChI is InChI=1S/C16H20N4OS/c1-10-18-14-13-11(6-3-4-9-22(2)21)7-5-8-12(13)20-16(17)15(14)19-10/h5,7-8H,3-4,6,9H2,1-2H3,(H2,17,20)(H,18,19). The van der Waals surface area contributed by atoms with Crippen molar-refractivity contribution in [2.24, 2.45) is 0 Å². The molecule has 0 fully saturated rings. The summed E-state index contributed by atoms with van der Waals surface area (Å²) >= 11 is 0. The summed E-state index contributed by atoms with van der Waals surface area (Å²) in [5.41, 5.74) is 9.84. The van der Waals surface area contributed by atoms with Crippen LogP contribution >= 0.6 is 0 Å². The predicted molar refractivity (Wildman–Crippen MR) is 92.4 cm³/mol. The third-order valence-electron chi connectivity index (χ3n) is 3.81. The number of H-pyrrole nitrogens is 1. The van der Waals surface area contributed by atoms with Crippen molar-refractivity contribution in [1.29, 1.82) is 0 Å². The number of hydrogen-bond donors (Lipinski definition) is 2. The third kappa shape index (κ3) is 2.83. The van der Waals surface area contributed by atoms with Gasteiger partial charge in [-0.05, 0) is 37.8 Å². The van der Waals surface area contributed by atoms with Crippen LogP contribution in [-0.4, -0.2) is 31.2 Å². The molecule has 1 atom stereocenters. The lowest BCUT2D eigenvalue weighted by molar-refractivity contribution is 0.681. The van der Waals surface area contributed by atoms with Crippen LogP contribution in [0.25, 0.3) is 21.9 Å². The Morgan fingerprint density at radius 3 is 2.86 bits per heavy atom. The van der Waals surface area contributed by atoms with E-state index in [0.29, 0.717) is 5.82 Å². The van der Waals surface area contributed by atoms with Gasteiger partial charge in [0.1, 0.15) is 22.7 Å². The second kappa shape index (κ2) is 6.04. The van der Waals surface area contributed by atoms with Gasteiger partial charge in [0.25, 0.3) is 0 Å². The van der Waals surface area contributed by atoms with Gasteiger partial charge in [0.15, 0.2) is 0 Å². The van der Waals surface area contributed by atoms with Gasteiger partial charge in [-0.25, -0.2) is 9.97 Å². The second-order valence-corrected chi connectivity index (χ2v) is 7.14. The number of aromatic nitrogens is 3. The fraction of sp³-hybridized carbons (Fsp3) is 0.375. The largest absolute Gasteiger partial charge is 0.382 e. The average molecular weight is 316 g/mol. The first kappa shape index (κ1) is 15.0. The Balaban J connectivity index is 2.03. The lowest BCUT2D eigenvalue weighted by Gasteiger charge is -2.08. The Hall–Kier alpha value is -1.95. The maximum Gasteiger partial charge on any atom is 0.150 e. The van der Waals surface area contributed by atoms with Gasteiger partial charge in [0.2, 0.25) is 0 Å². The van der Waals surface area contributed by atoms with Crippen LogP contribution in [-0.2, 0) is 17.2 Å². The summed E-state index contributed by atoms with van der Waals surface area (Å²) < 4.78 is 11.2. The number of unbranched alkanes of at least 4 members (excludes halogenated alkanes) is 1. The first-order chi connectivity index (χ1) is 10.6. The zero-order valence-corrected chi connectivity index (χ0v) is 13.7. The number of nitrogens with two attached hydrogens (primary N) is 1. The molecule has 0 bridgehead atoms. The molecule has 0 amide bonds. The topological polar surface area (TPSA) is 84.7 Å². The molecule has 0 aliphatic rings. The van der Waals surface area contributed by atoms with E-state index in [1.807, 2.05) is 19.1 Å². The molecule has 1 aromatic carbocycles. The number of pyridine rings is 1. The molecule has 6 heteroatoms. The van der Waals surface area contributed by atoms with Crippen LogP contribution in [0.4, 0.5) is 5.82 Å². The van der Waals surface area contributed by atoms with E-state index >= 15 is 0 Å². The Labute approximate surface area is 131 Å². The van der Waals surface area contributed by atoms with E-state index in [9.17, 15) is 4.21 Å². The molecular formula is C16H20N4OS. The summed E-state index contributed by atoms with van der Waals surface area (Å²) in [4.78, 5) is 12.3. The minimum absolute atomic E-state index is 0.488. The van der Waals surface area contributed by atoms with Gasteiger partial charge in [-0.15, -0.1) is 0 Å². The molecule has 0 saturated heterocycles. The Morgan fingerprint density at radius 2 is 2.09 bits per heavy atom. The molecule has 0 radical (unpaired) electrons. The number of aryl methyl sites for hydroxylation is 2. The maximum absolute atomic E-state index is 11.2. The summed E-state index contributed by atoms with van der Waals surface area (Å²) in [5.74, 6) is 2.08. The normalized spacial score (nSPS) is 13.0. The Kier molecular flexibility index (Phi) is 4.11. The van der Waals surface area contributed by atoms with Crippen molar-refractivity contribution in [2.75, 3.05) is 17.7 Å². The van der Waals surface area contributed by atoms with Crippen molar-refractivity contribution < 1.29 is 4.21 Å². The van der Waals surface area contributed by atoms with Crippen molar-refractivity contribution in [2.45, 2.75) is 26.2 Å². The van der Waals surface area contributed by atoms with Crippen LogP contribution in [0.2, 0.25) is 0 Å². The van der Waals surface area contributed by atoms with Crippen molar-refractivity contribution in [3.63, 3.8) is 0 Å². The summed E-state index contributed by atoms with van der Waals surface area (Å²) in [6.45, 7) is 1.92. The van der Waals surface area contributed by atoms with Gasteiger partial charge in [0.05, 0.1) is 5.52 Å². The number of nitrogens with one attached hydrogen (secondary N) is 1. The lowest BCUT2D eigenvalue weighted by atomic mass is 10.0. The molecule has 2 heterocycles. The highest BCUT2D eigenvalue weighted by Gasteiger charge is 2.13. The molecule has 0 aliphatic carbocycles. The highest BCUT2D eigenvalue weighted by Crippen LogP contribution is 2.29. The van der Waals surface area contributed by atoms with E-state index in [4.69, 9.17) is 5.73 Å². The minimum Gasteiger partial charge on any atom is -0.382 e. The molecule has 3 rings (SSSR count).